The predicted octanol–water partition coefficient (Wildman–Crippen LogP) is 1.61. The number of benzene rings is 1. The Morgan fingerprint density at radius 2 is 2.22 bits per heavy atom. The summed E-state index contributed by atoms with van der Waals surface area (Å²) in [6.07, 6.45) is 1.02. The maximum Gasteiger partial charge on any atom is 0.427 e. The highest BCUT2D eigenvalue weighted by Gasteiger charge is 2.13. The number of hydrogen-bond acceptors (Lipinski definition) is 6. The first kappa shape index (κ1) is 17.2. The maximum atomic E-state index is 11.2. The minimum atomic E-state index is -0.564. The molecule has 23 heavy (non-hydrogen) atoms. The molecule has 7 heteroatoms. The van der Waals surface area contributed by atoms with Gasteiger partial charge < -0.3 is 14.2 Å². The summed E-state index contributed by atoms with van der Waals surface area (Å²) in [4.78, 5) is 13.5. The van der Waals surface area contributed by atoms with Crippen LogP contribution in [0.15, 0.2) is 23.3 Å². The summed E-state index contributed by atoms with van der Waals surface area (Å²) in [6.45, 7) is 6.18. The number of hydrazone groups is 1. The first-order valence-corrected chi connectivity index (χ1v) is 7.65. The third kappa shape index (κ3) is 5.54. The summed E-state index contributed by atoms with van der Waals surface area (Å²) in [5.74, 6) is 0.840. The van der Waals surface area contributed by atoms with Crippen molar-refractivity contribution in [2.45, 2.75) is 13.5 Å². The van der Waals surface area contributed by atoms with Crippen molar-refractivity contribution in [1.82, 2.24) is 10.3 Å². The second-order valence-corrected chi connectivity index (χ2v) is 5.05. The molecule has 0 spiro atoms. The standard InChI is InChI=1S/C16H23N3O4/c1-3-23-16(20)18-17-11-13-4-5-15(21-2)14(10-13)12-19-6-8-22-9-7-19/h4-5,10-11H,3,6-9,12H2,1-2H3,(H,18,20)/b17-11-. The Labute approximate surface area is 136 Å². The number of morpholine rings is 1. The molecule has 1 heterocycles. The molecule has 0 aliphatic carbocycles. The average Bonchev–Trinajstić information content (AvgIpc) is 2.56. The molecule has 1 amide bonds. The lowest BCUT2D eigenvalue weighted by atomic mass is 10.1. The van der Waals surface area contributed by atoms with E-state index in [1.807, 2.05) is 18.2 Å². The summed E-state index contributed by atoms with van der Waals surface area (Å²) < 4.78 is 15.5. The largest absolute Gasteiger partial charge is 0.496 e. The molecule has 1 N–H and O–H groups in total. The van der Waals surface area contributed by atoms with Gasteiger partial charge in [0.2, 0.25) is 0 Å². The van der Waals surface area contributed by atoms with Gasteiger partial charge in [-0.15, -0.1) is 0 Å². The Hall–Kier alpha value is -2.12. The van der Waals surface area contributed by atoms with E-state index in [4.69, 9.17) is 14.2 Å². The van der Waals surface area contributed by atoms with Gasteiger partial charge in [-0.1, -0.05) is 0 Å². The van der Waals surface area contributed by atoms with E-state index in [2.05, 4.69) is 15.4 Å². The lowest BCUT2D eigenvalue weighted by Crippen LogP contribution is -2.35. The topological polar surface area (TPSA) is 72.4 Å². The molecule has 1 fully saturated rings. The SMILES string of the molecule is CCOC(=O)N/N=C\c1ccc(OC)c(CN2CCOCC2)c1. The van der Waals surface area contributed by atoms with Crippen molar-refractivity contribution >= 4 is 12.3 Å². The van der Waals surface area contributed by atoms with Crippen LogP contribution in [0.1, 0.15) is 18.1 Å². The third-order valence-corrected chi connectivity index (χ3v) is 3.45. The van der Waals surface area contributed by atoms with Gasteiger partial charge in [-0.05, 0) is 30.7 Å². The van der Waals surface area contributed by atoms with Crippen LogP contribution < -0.4 is 10.2 Å². The van der Waals surface area contributed by atoms with Gasteiger partial charge in [-0.25, -0.2) is 10.2 Å². The van der Waals surface area contributed by atoms with E-state index in [9.17, 15) is 4.79 Å². The quantitative estimate of drug-likeness (QED) is 0.636. The molecule has 1 saturated heterocycles. The summed E-state index contributed by atoms with van der Waals surface area (Å²) in [7, 11) is 1.66. The van der Waals surface area contributed by atoms with Crippen LogP contribution in [-0.2, 0) is 16.0 Å². The van der Waals surface area contributed by atoms with Crippen molar-refractivity contribution < 1.29 is 19.0 Å². The highest BCUT2D eigenvalue weighted by atomic mass is 16.5. The molecule has 1 aliphatic heterocycles. The summed E-state index contributed by atoms with van der Waals surface area (Å²) in [5, 5.41) is 3.88. The predicted molar refractivity (Wildman–Crippen MR) is 86.8 cm³/mol. The van der Waals surface area contributed by atoms with Crippen LogP contribution in [0.5, 0.6) is 5.75 Å². The molecule has 0 unspecified atom stereocenters. The lowest BCUT2D eigenvalue weighted by Gasteiger charge is -2.27. The van der Waals surface area contributed by atoms with E-state index < -0.39 is 6.09 Å². The van der Waals surface area contributed by atoms with E-state index in [0.717, 1.165) is 49.7 Å². The molecular weight excluding hydrogens is 298 g/mol. The Kier molecular flexibility index (Phi) is 6.83. The second kappa shape index (κ2) is 9.12. The highest BCUT2D eigenvalue weighted by Crippen LogP contribution is 2.21. The Bertz CT molecular complexity index is 542. The van der Waals surface area contributed by atoms with E-state index >= 15 is 0 Å². The molecule has 126 valence electrons. The number of methoxy groups -OCH3 is 1. The van der Waals surface area contributed by atoms with Crippen LogP contribution in [-0.4, -0.2) is 57.2 Å². The number of carbonyl (C=O) groups excluding carboxylic acids is 1. The summed E-state index contributed by atoms with van der Waals surface area (Å²) >= 11 is 0. The second-order valence-electron chi connectivity index (χ2n) is 5.05. The molecule has 0 saturated carbocycles. The van der Waals surface area contributed by atoms with Crippen molar-refractivity contribution in [3.63, 3.8) is 0 Å². The van der Waals surface area contributed by atoms with E-state index in [1.165, 1.54) is 0 Å². The number of nitrogens with zero attached hydrogens (tertiary/aromatic N) is 2. The first-order chi connectivity index (χ1) is 11.2. The fraction of sp³-hybridized carbons (Fsp3) is 0.500. The molecule has 2 rings (SSSR count). The normalized spacial score (nSPS) is 15.6. The minimum absolute atomic E-state index is 0.313. The number of amides is 1. The Morgan fingerprint density at radius 1 is 1.43 bits per heavy atom. The minimum Gasteiger partial charge on any atom is -0.496 e. The van der Waals surface area contributed by atoms with Crippen LogP contribution in [0.2, 0.25) is 0 Å². The van der Waals surface area contributed by atoms with Gasteiger partial charge in [0, 0.05) is 25.2 Å². The van der Waals surface area contributed by atoms with E-state index in [1.54, 1.807) is 20.2 Å². The first-order valence-electron chi connectivity index (χ1n) is 7.65. The number of hydrogen-bond donors (Lipinski definition) is 1. The molecule has 7 nitrogen and oxygen atoms in total. The number of rotatable bonds is 6. The van der Waals surface area contributed by atoms with Gasteiger partial charge in [0.15, 0.2) is 0 Å². The van der Waals surface area contributed by atoms with Crippen molar-refractivity contribution in [2.75, 3.05) is 40.0 Å². The fourth-order valence-electron chi connectivity index (χ4n) is 2.33. The summed E-state index contributed by atoms with van der Waals surface area (Å²) in [6, 6.07) is 5.80. The van der Waals surface area contributed by atoms with Crippen LogP contribution in [0.25, 0.3) is 0 Å². The fourth-order valence-corrected chi connectivity index (χ4v) is 2.33. The summed E-state index contributed by atoms with van der Waals surface area (Å²) in [5.41, 5.74) is 4.27. The van der Waals surface area contributed by atoms with Crippen LogP contribution in [0.4, 0.5) is 4.79 Å². The van der Waals surface area contributed by atoms with Gasteiger partial charge in [0.1, 0.15) is 5.75 Å². The smallest absolute Gasteiger partial charge is 0.427 e. The van der Waals surface area contributed by atoms with Gasteiger partial charge in [0.25, 0.3) is 0 Å². The Balaban J connectivity index is 2.02. The van der Waals surface area contributed by atoms with Gasteiger partial charge in [-0.2, -0.15) is 5.10 Å². The zero-order valence-electron chi connectivity index (χ0n) is 13.6. The molecule has 1 aromatic carbocycles. The third-order valence-electron chi connectivity index (χ3n) is 3.45. The van der Waals surface area contributed by atoms with E-state index in [0.29, 0.717) is 6.61 Å². The van der Waals surface area contributed by atoms with Crippen LogP contribution >= 0.6 is 0 Å². The van der Waals surface area contributed by atoms with Crippen molar-refractivity contribution in [2.24, 2.45) is 5.10 Å². The van der Waals surface area contributed by atoms with Crippen LogP contribution in [0.3, 0.4) is 0 Å². The van der Waals surface area contributed by atoms with Crippen LogP contribution in [0, 0.1) is 0 Å². The lowest BCUT2D eigenvalue weighted by molar-refractivity contribution is 0.0339. The van der Waals surface area contributed by atoms with Crippen molar-refractivity contribution in [3.05, 3.63) is 29.3 Å². The van der Waals surface area contributed by atoms with Crippen molar-refractivity contribution in [3.8, 4) is 5.75 Å². The van der Waals surface area contributed by atoms with Gasteiger partial charge in [-0.3, -0.25) is 4.90 Å². The maximum absolute atomic E-state index is 11.2. The molecule has 1 aromatic rings. The number of nitrogens with one attached hydrogen (secondary N) is 1. The van der Waals surface area contributed by atoms with Gasteiger partial charge >= 0.3 is 6.09 Å². The van der Waals surface area contributed by atoms with Gasteiger partial charge in [0.05, 0.1) is 33.1 Å². The zero-order chi connectivity index (χ0) is 16.5. The number of ether oxygens (including phenoxy) is 3. The highest BCUT2D eigenvalue weighted by molar-refractivity contribution is 5.81. The monoisotopic (exact) mass is 321 g/mol. The molecule has 0 atom stereocenters. The van der Waals surface area contributed by atoms with Crippen molar-refractivity contribution in [1.29, 1.82) is 0 Å². The molecular formula is C16H23N3O4. The molecule has 0 bridgehead atoms. The molecule has 0 aromatic heterocycles. The average molecular weight is 321 g/mol. The van der Waals surface area contributed by atoms with E-state index in [-0.39, 0.29) is 0 Å². The zero-order valence-corrected chi connectivity index (χ0v) is 13.6. The molecule has 0 radical (unpaired) electrons. The number of carbonyl (C=O) groups is 1. The Morgan fingerprint density at radius 3 is 2.91 bits per heavy atom. The molecule has 1 aliphatic rings.